The van der Waals surface area contributed by atoms with E-state index < -0.39 is 29.2 Å². The van der Waals surface area contributed by atoms with Gasteiger partial charge in [-0.1, -0.05) is 11.6 Å². The third kappa shape index (κ3) is 3.21. The Hall–Kier alpha value is -2.21. The second-order valence-electron chi connectivity index (χ2n) is 3.81. The lowest BCUT2D eigenvalue weighted by atomic mass is 10.3. The van der Waals surface area contributed by atoms with E-state index in [1.807, 2.05) is 0 Å². The zero-order valence-corrected chi connectivity index (χ0v) is 10.6. The summed E-state index contributed by atoms with van der Waals surface area (Å²) in [5.74, 6) is -4.43. The number of nitrogens with one attached hydrogen (secondary N) is 2. The molecule has 20 heavy (non-hydrogen) atoms. The Morgan fingerprint density at radius 3 is 2.20 bits per heavy atom. The van der Waals surface area contributed by atoms with Gasteiger partial charge in [0.2, 0.25) is 0 Å². The highest BCUT2D eigenvalue weighted by molar-refractivity contribution is 6.30. The first kappa shape index (κ1) is 14.2. The van der Waals surface area contributed by atoms with Crippen LogP contribution in [0.1, 0.15) is 0 Å². The van der Waals surface area contributed by atoms with Gasteiger partial charge in [0.25, 0.3) is 0 Å². The average molecular weight is 301 g/mol. The summed E-state index contributed by atoms with van der Waals surface area (Å²) in [5, 5.41) is 4.95. The summed E-state index contributed by atoms with van der Waals surface area (Å²) in [6, 6.07) is 7.01. The summed E-state index contributed by atoms with van der Waals surface area (Å²) in [7, 11) is 0. The molecule has 0 atom stereocenters. The fraction of sp³-hybridized carbons (Fsp3) is 0. The van der Waals surface area contributed by atoms with Crippen LogP contribution < -0.4 is 10.6 Å². The van der Waals surface area contributed by atoms with Gasteiger partial charge in [-0.2, -0.15) is 0 Å². The molecule has 3 nitrogen and oxygen atoms in total. The van der Waals surface area contributed by atoms with Gasteiger partial charge in [-0.05, 0) is 36.4 Å². The first-order valence-corrected chi connectivity index (χ1v) is 5.82. The molecule has 0 radical (unpaired) electrons. The second-order valence-corrected chi connectivity index (χ2v) is 4.25. The number of carbonyl (C=O) groups excluding carboxylic acids is 1. The van der Waals surface area contributed by atoms with E-state index in [2.05, 4.69) is 10.6 Å². The molecule has 0 aliphatic rings. The monoisotopic (exact) mass is 300 g/mol. The zero-order valence-electron chi connectivity index (χ0n) is 9.88. The summed E-state index contributed by atoms with van der Waals surface area (Å²) in [6.45, 7) is 0. The van der Waals surface area contributed by atoms with E-state index >= 15 is 0 Å². The molecule has 2 N–H and O–H groups in total. The number of anilines is 2. The van der Waals surface area contributed by atoms with E-state index in [4.69, 9.17) is 11.6 Å². The van der Waals surface area contributed by atoms with E-state index in [1.54, 1.807) is 12.1 Å². The van der Waals surface area contributed by atoms with Crippen molar-refractivity contribution in [1.82, 2.24) is 0 Å². The molecule has 2 amide bonds. The number of amides is 2. The van der Waals surface area contributed by atoms with Crippen LogP contribution in [0.3, 0.4) is 0 Å². The van der Waals surface area contributed by atoms with Crippen LogP contribution in [0.4, 0.5) is 29.3 Å². The van der Waals surface area contributed by atoms with E-state index in [1.165, 1.54) is 12.1 Å². The fourth-order valence-corrected chi connectivity index (χ4v) is 1.57. The van der Waals surface area contributed by atoms with Gasteiger partial charge < -0.3 is 10.6 Å². The van der Waals surface area contributed by atoms with Crippen molar-refractivity contribution >= 4 is 29.0 Å². The molecule has 2 aromatic rings. The van der Waals surface area contributed by atoms with Crippen LogP contribution in [0.15, 0.2) is 36.4 Å². The predicted octanol–water partition coefficient (Wildman–Crippen LogP) is 4.40. The van der Waals surface area contributed by atoms with Gasteiger partial charge in [-0.15, -0.1) is 0 Å². The molecule has 0 aliphatic heterocycles. The van der Waals surface area contributed by atoms with Gasteiger partial charge in [0.1, 0.15) is 0 Å². The van der Waals surface area contributed by atoms with E-state index in [-0.39, 0.29) is 0 Å². The molecule has 104 valence electrons. The number of benzene rings is 2. The van der Waals surface area contributed by atoms with Crippen molar-refractivity contribution < 1.29 is 18.0 Å². The van der Waals surface area contributed by atoms with Crippen molar-refractivity contribution in [1.29, 1.82) is 0 Å². The first-order valence-electron chi connectivity index (χ1n) is 5.44. The van der Waals surface area contributed by atoms with Crippen molar-refractivity contribution in [3.63, 3.8) is 0 Å². The maximum atomic E-state index is 13.3. The SMILES string of the molecule is O=C(Nc1ccc(Cl)cc1)Nc1ccc(F)c(F)c1F. The predicted molar refractivity (Wildman–Crippen MR) is 70.4 cm³/mol. The van der Waals surface area contributed by atoms with Crippen LogP contribution >= 0.6 is 11.6 Å². The third-order valence-electron chi connectivity index (χ3n) is 2.39. The Kier molecular flexibility index (Phi) is 4.14. The molecular formula is C13H8ClF3N2O. The van der Waals surface area contributed by atoms with Crippen LogP contribution in [-0.2, 0) is 0 Å². The van der Waals surface area contributed by atoms with Crippen LogP contribution in [0.2, 0.25) is 5.02 Å². The third-order valence-corrected chi connectivity index (χ3v) is 2.64. The molecule has 0 spiro atoms. The lowest BCUT2D eigenvalue weighted by molar-refractivity contribution is 0.262. The van der Waals surface area contributed by atoms with Gasteiger partial charge in [0, 0.05) is 10.7 Å². The van der Waals surface area contributed by atoms with Gasteiger partial charge in [0.05, 0.1) is 5.69 Å². The Labute approximate surface area is 117 Å². The van der Waals surface area contributed by atoms with Crippen molar-refractivity contribution in [2.75, 3.05) is 10.6 Å². The molecule has 2 rings (SSSR count). The number of hydrogen-bond donors (Lipinski definition) is 2. The summed E-state index contributed by atoms with van der Waals surface area (Å²) < 4.78 is 39.0. The van der Waals surface area contributed by atoms with Crippen molar-refractivity contribution in [3.05, 3.63) is 58.9 Å². The zero-order chi connectivity index (χ0) is 14.7. The van der Waals surface area contributed by atoms with Crippen LogP contribution in [0, 0.1) is 17.5 Å². The quantitative estimate of drug-likeness (QED) is 0.793. The standard InChI is InChI=1S/C13H8ClF3N2O/c14-7-1-3-8(4-2-7)18-13(20)19-10-6-5-9(15)11(16)12(10)17/h1-6H,(H2,18,19,20). The molecule has 0 unspecified atom stereocenters. The van der Waals surface area contributed by atoms with E-state index in [9.17, 15) is 18.0 Å². The first-order chi connectivity index (χ1) is 9.47. The minimum Gasteiger partial charge on any atom is -0.308 e. The highest BCUT2D eigenvalue weighted by Gasteiger charge is 2.15. The van der Waals surface area contributed by atoms with Crippen LogP contribution in [0.25, 0.3) is 0 Å². The maximum absolute atomic E-state index is 13.3. The molecule has 0 fully saturated rings. The maximum Gasteiger partial charge on any atom is 0.323 e. The molecule has 0 saturated heterocycles. The molecule has 7 heteroatoms. The van der Waals surface area contributed by atoms with Gasteiger partial charge in [-0.3, -0.25) is 0 Å². The highest BCUT2D eigenvalue weighted by atomic mass is 35.5. The Bertz CT molecular complexity index is 647. The van der Waals surface area contributed by atoms with Gasteiger partial charge in [-0.25, -0.2) is 18.0 Å². The summed E-state index contributed by atoms with van der Waals surface area (Å²) >= 11 is 5.68. The van der Waals surface area contributed by atoms with Crippen molar-refractivity contribution in [2.45, 2.75) is 0 Å². The molecule has 0 saturated carbocycles. The fourth-order valence-electron chi connectivity index (χ4n) is 1.44. The number of halogens is 4. The Balaban J connectivity index is 2.08. The molecule has 0 aliphatic carbocycles. The molecular weight excluding hydrogens is 293 g/mol. The number of rotatable bonds is 2. The van der Waals surface area contributed by atoms with E-state index in [0.717, 1.165) is 12.1 Å². The largest absolute Gasteiger partial charge is 0.323 e. The number of carbonyl (C=O) groups is 1. The molecule has 2 aromatic carbocycles. The van der Waals surface area contributed by atoms with Crippen LogP contribution in [-0.4, -0.2) is 6.03 Å². The average Bonchev–Trinajstić information content (AvgIpc) is 2.42. The van der Waals surface area contributed by atoms with Gasteiger partial charge in [0.15, 0.2) is 17.5 Å². The molecule has 0 bridgehead atoms. The van der Waals surface area contributed by atoms with E-state index in [0.29, 0.717) is 10.7 Å². The number of urea groups is 1. The van der Waals surface area contributed by atoms with Crippen molar-refractivity contribution in [2.24, 2.45) is 0 Å². The lowest BCUT2D eigenvalue weighted by Crippen LogP contribution is -2.20. The van der Waals surface area contributed by atoms with Crippen LogP contribution in [0.5, 0.6) is 0 Å². The minimum atomic E-state index is -1.64. The molecule has 0 heterocycles. The summed E-state index contributed by atoms with van der Waals surface area (Å²) in [6.07, 6.45) is 0. The normalized spacial score (nSPS) is 10.2. The molecule has 0 aromatic heterocycles. The van der Waals surface area contributed by atoms with Crippen molar-refractivity contribution in [3.8, 4) is 0 Å². The smallest absolute Gasteiger partial charge is 0.308 e. The van der Waals surface area contributed by atoms with Gasteiger partial charge >= 0.3 is 6.03 Å². The lowest BCUT2D eigenvalue weighted by Gasteiger charge is -2.09. The number of hydrogen-bond acceptors (Lipinski definition) is 1. The summed E-state index contributed by atoms with van der Waals surface area (Å²) in [5.41, 5.74) is -0.0507. The topological polar surface area (TPSA) is 41.1 Å². The second kappa shape index (κ2) is 5.83. The Morgan fingerprint density at radius 1 is 0.900 bits per heavy atom. The Morgan fingerprint density at radius 2 is 1.55 bits per heavy atom. The summed E-state index contributed by atoms with van der Waals surface area (Å²) in [4.78, 5) is 11.6. The minimum absolute atomic E-state index is 0.412. The highest BCUT2D eigenvalue weighted by Crippen LogP contribution is 2.20.